The van der Waals surface area contributed by atoms with Crippen LogP contribution in [0.4, 0.5) is 5.69 Å². The van der Waals surface area contributed by atoms with Crippen molar-refractivity contribution >= 4 is 40.4 Å². The van der Waals surface area contributed by atoms with E-state index >= 15 is 0 Å². The van der Waals surface area contributed by atoms with Crippen molar-refractivity contribution < 1.29 is 23.5 Å². The highest BCUT2D eigenvalue weighted by atomic mass is 32.2. The molecular weight excluding hydrogens is 434 g/mol. The van der Waals surface area contributed by atoms with Crippen molar-refractivity contribution in [2.24, 2.45) is 0 Å². The lowest BCUT2D eigenvalue weighted by Gasteiger charge is -2.11. The molecule has 176 valence electrons. The fourth-order valence-electron chi connectivity index (χ4n) is 3.22. The zero-order valence-corrected chi connectivity index (χ0v) is 20.0. The number of unbranched alkanes of at least 4 members (excludes halogenated alkanes) is 9. The molecular formula is C23H37NO5S2. The molecule has 0 aliphatic rings. The minimum absolute atomic E-state index is 0.0437. The van der Waals surface area contributed by atoms with Gasteiger partial charge in [-0.1, -0.05) is 57.1 Å². The first kappa shape index (κ1) is 27.7. The number of thioether (sulfide) groups is 1. The van der Waals surface area contributed by atoms with Crippen molar-refractivity contribution in [1.82, 2.24) is 0 Å². The highest BCUT2D eigenvalue weighted by Gasteiger charge is 2.07. The van der Waals surface area contributed by atoms with Crippen LogP contribution in [0.15, 0.2) is 29.2 Å². The maximum atomic E-state index is 12.3. The van der Waals surface area contributed by atoms with Crippen LogP contribution in [0, 0.1) is 0 Å². The molecule has 3 N–H and O–H groups in total. The Morgan fingerprint density at radius 3 is 2.03 bits per heavy atom. The fraction of sp³-hybridized carbons (Fsp3) is 0.652. The molecule has 31 heavy (non-hydrogen) atoms. The summed E-state index contributed by atoms with van der Waals surface area (Å²) in [7, 11) is 0. The van der Waals surface area contributed by atoms with Crippen molar-refractivity contribution in [2.45, 2.75) is 88.4 Å². The van der Waals surface area contributed by atoms with Gasteiger partial charge in [0.15, 0.2) is 11.1 Å². The first-order chi connectivity index (χ1) is 15.0. The lowest BCUT2D eigenvalue weighted by atomic mass is 10.1. The first-order valence-corrected chi connectivity index (χ1v) is 13.6. The van der Waals surface area contributed by atoms with Gasteiger partial charge in [-0.3, -0.25) is 9.59 Å². The Morgan fingerprint density at radius 1 is 0.839 bits per heavy atom. The van der Waals surface area contributed by atoms with Crippen LogP contribution in [0.3, 0.4) is 0 Å². The molecule has 0 bridgehead atoms. The summed E-state index contributed by atoms with van der Waals surface area (Å²) in [5, 5.41) is 11.6. The van der Waals surface area contributed by atoms with Gasteiger partial charge in [0.25, 0.3) is 0 Å². The van der Waals surface area contributed by atoms with E-state index in [1.807, 2.05) is 24.3 Å². The van der Waals surface area contributed by atoms with Gasteiger partial charge >= 0.3 is 5.97 Å². The van der Waals surface area contributed by atoms with Crippen LogP contribution in [0.1, 0.15) is 83.5 Å². The lowest BCUT2D eigenvalue weighted by Crippen LogP contribution is -2.11. The lowest BCUT2D eigenvalue weighted by molar-refractivity contribution is -0.137. The highest BCUT2D eigenvalue weighted by Crippen LogP contribution is 2.28. The van der Waals surface area contributed by atoms with Gasteiger partial charge in [-0.2, -0.15) is 0 Å². The second kappa shape index (κ2) is 18.2. The number of benzene rings is 1. The number of carbonyl (C=O) groups excluding carboxylic acids is 1. The van der Waals surface area contributed by atoms with Gasteiger partial charge in [-0.15, -0.1) is 11.8 Å². The van der Waals surface area contributed by atoms with Gasteiger partial charge in [0.2, 0.25) is 5.91 Å². The summed E-state index contributed by atoms with van der Waals surface area (Å²) in [6, 6.07) is 7.77. The molecule has 8 heteroatoms. The minimum atomic E-state index is -1.72. The Bertz CT molecular complexity index is 669. The van der Waals surface area contributed by atoms with Gasteiger partial charge in [0.1, 0.15) is 0 Å². The smallest absolute Gasteiger partial charge is 0.303 e. The minimum Gasteiger partial charge on any atom is -0.481 e. The molecule has 0 aliphatic carbocycles. The normalized spacial score (nSPS) is 11.9. The molecule has 0 spiro atoms. The molecule has 0 saturated carbocycles. The summed E-state index contributed by atoms with van der Waals surface area (Å²) < 4.78 is 19.5. The monoisotopic (exact) mass is 471 g/mol. The number of anilines is 1. The van der Waals surface area contributed by atoms with Crippen LogP contribution in [0.5, 0.6) is 0 Å². The molecule has 1 atom stereocenters. The summed E-state index contributed by atoms with van der Waals surface area (Å²) in [6.07, 6.45) is 11.8. The SMILES string of the molecule is O=C(O)CCCCCCCCCCCC(=O)Nc1ccccc1SCCCCS(=O)O. The maximum Gasteiger partial charge on any atom is 0.303 e. The average molecular weight is 472 g/mol. The van der Waals surface area contributed by atoms with E-state index in [2.05, 4.69) is 5.32 Å². The molecule has 1 aromatic rings. The Kier molecular flexibility index (Phi) is 16.3. The molecule has 0 aliphatic heterocycles. The van der Waals surface area contributed by atoms with Crippen LogP contribution >= 0.6 is 11.8 Å². The number of nitrogens with one attached hydrogen (secondary N) is 1. The summed E-state index contributed by atoms with van der Waals surface area (Å²) in [5.74, 6) is 0.498. The summed E-state index contributed by atoms with van der Waals surface area (Å²) in [6.45, 7) is 0. The third-order valence-corrected chi connectivity index (χ3v) is 6.72. The number of carboxylic acids is 1. The van der Waals surface area contributed by atoms with Gasteiger partial charge in [0.05, 0.1) is 5.69 Å². The quantitative estimate of drug-likeness (QED) is 0.128. The van der Waals surface area contributed by atoms with Gasteiger partial charge in [0, 0.05) is 23.5 Å². The molecule has 0 heterocycles. The van der Waals surface area contributed by atoms with Crippen LogP contribution in [0.25, 0.3) is 0 Å². The first-order valence-electron chi connectivity index (χ1n) is 11.3. The van der Waals surface area contributed by atoms with Crippen LogP contribution in [-0.4, -0.2) is 37.3 Å². The van der Waals surface area contributed by atoms with E-state index in [9.17, 15) is 13.8 Å². The fourth-order valence-corrected chi connectivity index (χ4v) is 4.69. The van der Waals surface area contributed by atoms with Gasteiger partial charge in [-0.05, 0) is 43.6 Å². The average Bonchev–Trinajstić information content (AvgIpc) is 2.72. The van der Waals surface area contributed by atoms with Crippen LogP contribution < -0.4 is 5.32 Å². The number of para-hydroxylation sites is 1. The second-order valence-electron chi connectivity index (χ2n) is 7.70. The molecule has 6 nitrogen and oxygen atoms in total. The third-order valence-electron chi connectivity index (χ3n) is 4.93. The maximum absolute atomic E-state index is 12.3. The second-order valence-corrected chi connectivity index (χ2v) is 9.89. The predicted octanol–water partition coefficient (Wildman–Crippen LogP) is 6.09. The third kappa shape index (κ3) is 16.0. The number of amides is 1. The summed E-state index contributed by atoms with van der Waals surface area (Å²) >= 11 is -0.0579. The van der Waals surface area contributed by atoms with E-state index in [0.717, 1.165) is 74.1 Å². The van der Waals surface area contributed by atoms with E-state index < -0.39 is 17.0 Å². The zero-order chi connectivity index (χ0) is 22.7. The molecule has 0 aromatic heterocycles. The highest BCUT2D eigenvalue weighted by molar-refractivity contribution is 7.99. The van der Waals surface area contributed by atoms with Crippen molar-refractivity contribution in [3.63, 3.8) is 0 Å². The molecule has 0 radical (unpaired) electrons. The standard InChI is InChI=1S/C23H37NO5S2/c25-22(16-8-6-4-2-1-3-5-7-9-17-23(26)27)24-20-14-10-11-15-21(20)30-18-12-13-19-31(28)29/h10-11,14-15H,1-9,12-13,16-19H2,(H,24,25)(H,26,27)(H,28,29). The largest absolute Gasteiger partial charge is 0.481 e. The topological polar surface area (TPSA) is 104 Å². The molecule has 1 rings (SSSR count). The Labute approximate surface area is 193 Å². The van der Waals surface area contributed by atoms with Gasteiger partial charge < -0.3 is 15.0 Å². The Morgan fingerprint density at radius 2 is 1.42 bits per heavy atom. The molecule has 1 amide bonds. The van der Waals surface area contributed by atoms with Crippen LogP contribution in [0.2, 0.25) is 0 Å². The van der Waals surface area contributed by atoms with E-state index in [1.54, 1.807) is 11.8 Å². The molecule has 0 fully saturated rings. The number of rotatable bonds is 19. The summed E-state index contributed by atoms with van der Waals surface area (Å²) in [5.41, 5.74) is 0.839. The predicted molar refractivity (Wildman–Crippen MR) is 129 cm³/mol. The van der Waals surface area contributed by atoms with E-state index in [0.29, 0.717) is 12.2 Å². The van der Waals surface area contributed by atoms with Crippen molar-refractivity contribution in [3.8, 4) is 0 Å². The molecule has 1 aromatic carbocycles. The van der Waals surface area contributed by atoms with Crippen molar-refractivity contribution in [3.05, 3.63) is 24.3 Å². The zero-order valence-electron chi connectivity index (χ0n) is 18.4. The number of hydrogen-bond donors (Lipinski definition) is 3. The summed E-state index contributed by atoms with van der Waals surface area (Å²) in [4.78, 5) is 23.7. The Balaban J connectivity index is 2.10. The van der Waals surface area contributed by atoms with E-state index in [1.165, 1.54) is 12.8 Å². The van der Waals surface area contributed by atoms with E-state index in [4.69, 9.17) is 9.66 Å². The number of carbonyl (C=O) groups is 2. The molecule has 1 unspecified atom stereocenters. The van der Waals surface area contributed by atoms with Crippen LogP contribution in [-0.2, 0) is 20.7 Å². The van der Waals surface area contributed by atoms with Gasteiger partial charge in [-0.25, -0.2) is 4.21 Å². The molecule has 0 saturated heterocycles. The van der Waals surface area contributed by atoms with Crippen molar-refractivity contribution in [1.29, 1.82) is 0 Å². The van der Waals surface area contributed by atoms with Crippen molar-refractivity contribution in [2.75, 3.05) is 16.8 Å². The Hall–Kier alpha value is -1.38. The van der Waals surface area contributed by atoms with E-state index in [-0.39, 0.29) is 12.3 Å². The number of carboxylic acid groups (broad SMARTS) is 1. The number of hydrogen-bond acceptors (Lipinski definition) is 4. The number of aliphatic carboxylic acids is 1.